The van der Waals surface area contributed by atoms with Crippen molar-refractivity contribution >= 4 is 35.5 Å². The summed E-state index contributed by atoms with van der Waals surface area (Å²) in [6.07, 6.45) is 3.13. The number of nitrogens with zero attached hydrogens (tertiary/aromatic N) is 2. The normalized spacial score (nSPS) is 12.5. The van der Waals surface area contributed by atoms with Crippen LogP contribution in [0.5, 0.6) is 0 Å². The molecular formula is C27H31ClN4O. The molecule has 3 N–H and O–H groups in total. The van der Waals surface area contributed by atoms with E-state index in [1.807, 2.05) is 35.2 Å². The number of hydrogen-bond acceptors (Lipinski definition) is 3. The molecule has 0 radical (unpaired) electrons. The summed E-state index contributed by atoms with van der Waals surface area (Å²) >= 11 is 0. The van der Waals surface area contributed by atoms with Crippen LogP contribution in [0.3, 0.4) is 0 Å². The zero-order valence-corrected chi connectivity index (χ0v) is 19.8. The molecule has 3 aromatic rings. The van der Waals surface area contributed by atoms with Gasteiger partial charge in [-0.25, -0.2) is 0 Å². The first-order valence-electron chi connectivity index (χ1n) is 11.1. The fourth-order valence-corrected chi connectivity index (χ4v) is 4.27. The smallest absolute Gasteiger partial charge is 0.227 e. The molecule has 0 saturated carbocycles. The van der Waals surface area contributed by atoms with Gasteiger partial charge in [-0.15, -0.1) is 12.4 Å². The lowest BCUT2D eigenvalue weighted by atomic mass is 9.99. The van der Waals surface area contributed by atoms with Gasteiger partial charge in [-0.05, 0) is 54.2 Å². The summed E-state index contributed by atoms with van der Waals surface area (Å²) in [5, 5.41) is 7.49. The molecule has 0 fully saturated rings. The maximum Gasteiger partial charge on any atom is 0.227 e. The van der Waals surface area contributed by atoms with Gasteiger partial charge in [0.05, 0.1) is 0 Å². The number of carbonyl (C=O) groups excluding carboxylic acids is 1. The van der Waals surface area contributed by atoms with Crippen LogP contribution in [0.15, 0.2) is 72.8 Å². The molecule has 6 heteroatoms. The van der Waals surface area contributed by atoms with Gasteiger partial charge in [0.25, 0.3) is 0 Å². The molecule has 1 aliphatic heterocycles. The Kier molecular flexibility index (Phi) is 8.12. The topological polar surface area (TPSA) is 73.4 Å². The minimum Gasteiger partial charge on any atom is -0.384 e. The molecule has 0 bridgehead atoms. The summed E-state index contributed by atoms with van der Waals surface area (Å²) < 4.78 is 0. The summed E-state index contributed by atoms with van der Waals surface area (Å²) in [6, 6.07) is 24.5. The Morgan fingerprint density at radius 3 is 2.45 bits per heavy atom. The minimum atomic E-state index is 0. The molecule has 0 unspecified atom stereocenters. The molecule has 33 heavy (non-hydrogen) atoms. The van der Waals surface area contributed by atoms with Crippen molar-refractivity contribution in [3.8, 4) is 0 Å². The molecule has 1 amide bonds. The predicted molar refractivity (Wildman–Crippen MR) is 139 cm³/mol. The van der Waals surface area contributed by atoms with Gasteiger partial charge in [-0.1, -0.05) is 54.6 Å². The lowest BCUT2D eigenvalue weighted by Crippen LogP contribution is -2.35. The summed E-state index contributed by atoms with van der Waals surface area (Å²) in [4.78, 5) is 17.2. The Hall–Kier alpha value is -3.31. The van der Waals surface area contributed by atoms with Gasteiger partial charge < -0.3 is 15.5 Å². The molecule has 0 aliphatic carbocycles. The first-order valence-corrected chi connectivity index (χ1v) is 11.1. The summed E-state index contributed by atoms with van der Waals surface area (Å²) in [6.45, 7) is 1.62. The second-order valence-electron chi connectivity index (χ2n) is 8.41. The standard InChI is InChI=1S/C27H30N4O.ClH/c1-30(19-21-6-3-2-4-7-21)24-14-15-25-23(18-24)8-5-17-31(25)26(32)16-11-20-9-12-22(13-10-20)27(28)29;/h2-4,6-7,9-10,12-15,18H,5,8,11,16-17,19H2,1H3,(H3,28,29);1H. The number of nitrogens with one attached hydrogen (secondary N) is 1. The Bertz CT molecular complexity index is 1100. The second-order valence-corrected chi connectivity index (χ2v) is 8.41. The molecule has 1 aliphatic rings. The first-order chi connectivity index (χ1) is 15.5. The van der Waals surface area contributed by atoms with E-state index < -0.39 is 0 Å². The van der Waals surface area contributed by atoms with Crippen molar-refractivity contribution in [3.63, 3.8) is 0 Å². The van der Waals surface area contributed by atoms with Crippen LogP contribution in [0.1, 0.15) is 35.1 Å². The Labute approximate surface area is 202 Å². The van der Waals surface area contributed by atoms with E-state index >= 15 is 0 Å². The zero-order chi connectivity index (χ0) is 22.5. The van der Waals surface area contributed by atoms with E-state index in [-0.39, 0.29) is 24.1 Å². The molecule has 0 spiro atoms. The quantitative estimate of drug-likeness (QED) is 0.385. The molecule has 5 nitrogen and oxygen atoms in total. The van der Waals surface area contributed by atoms with Crippen LogP contribution >= 0.6 is 12.4 Å². The van der Waals surface area contributed by atoms with Gasteiger partial charge >= 0.3 is 0 Å². The van der Waals surface area contributed by atoms with Crippen molar-refractivity contribution in [1.29, 1.82) is 5.41 Å². The average molecular weight is 463 g/mol. The molecule has 0 atom stereocenters. The van der Waals surface area contributed by atoms with Gasteiger partial charge in [-0.2, -0.15) is 0 Å². The van der Waals surface area contributed by atoms with Crippen LogP contribution in [0.25, 0.3) is 0 Å². The number of fused-ring (bicyclic) bond motifs is 1. The summed E-state index contributed by atoms with van der Waals surface area (Å²) in [5.74, 6) is 0.221. The van der Waals surface area contributed by atoms with E-state index in [2.05, 4.69) is 54.4 Å². The molecule has 3 aromatic carbocycles. The van der Waals surface area contributed by atoms with Crippen LogP contribution in [-0.2, 0) is 24.2 Å². The Balaban J connectivity index is 0.00000306. The molecule has 0 aromatic heterocycles. The number of nitrogens with two attached hydrogens (primary N) is 1. The van der Waals surface area contributed by atoms with Crippen LogP contribution < -0.4 is 15.5 Å². The second kappa shape index (κ2) is 11.0. The van der Waals surface area contributed by atoms with E-state index in [1.54, 1.807) is 0 Å². The Morgan fingerprint density at radius 2 is 1.76 bits per heavy atom. The van der Waals surface area contributed by atoms with E-state index in [4.69, 9.17) is 11.1 Å². The third kappa shape index (κ3) is 5.93. The minimum absolute atomic E-state index is 0. The largest absolute Gasteiger partial charge is 0.384 e. The lowest BCUT2D eigenvalue weighted by Gasteiger charge is -2.31. The highest BCUT2D eigenvalue weighted by Crippen LogP contribution is 2.31. The van der Waals surface area contributed by atoms with Crippen LogP contribution in [0.2, 0.25) is 0 Å². The number of carbonyl (C=O) groups is 1. The number of anilines is 2. The third-order valence-corrected chi connectivity index (χ3v) is 6.08. The molecule has 0 saturated heterocycles. The number of nitrogen functional groups attached to an aromatic ring is 1. The van der Waals surface area contributed by atoms with Gasteiger partial charge in [0.1, 0.15) is 5.84 Å². The number of amidine groups is 1. The van der Waals surface area contributed by atoms with Crippen molar-refractivity contribution < 1.29 is 4.79 Å². The number of halogens is 1. The van der Waals surface area contributed by atoms with Crippen molar-refractivity contribution in [1.82, 2.24) is 0 Å². The highest BCUT2D eigenvalue weighted by molar-refractivity contribution is 5.95. The van der Waals surface area contributed by atoms with Crippen LogP contribution in [0.4, 0.5) is 11.4 Å². The number of benzene rings is 3. The SMILES string of the molecule is CN(Cc1ccccc1)c1ccc2c(c1)CCCN2C(=O)CCc1ccc(C(=N)N)cc1.Cl. The maximum atomic E-state index is 13.0. The van der Waals surface area contributed by atoms with Crippen molar-refractivity contribution in [2.24, 2.45) is 5.73 Å². The van der Waals surface area contributed by atoms with Crippen LogP contribution in [-0.4, -0.2) is 25.3 Å². The van der Waals surface area contributed by atoms with Crippen LogP contribution in [0, 0.1) is 5.41 Å². The van der Waals surface area contributed by atoms with E-state index in [9.17, 15) is 4.79 Å². The number of hydrogen-bond donors (Lipinski definition) is 2. The van der Waals surface area contributed by atoms with Crippen molar-refractivity contribution in [2.45, 2.75) is 32.2 Å². The Morgan fingerprint density at radius 1 is 1.03 bits per heavy atom. The van der Waals surface area contributed by atoms with Crippen molar-refractivity contribution in [3.05, 3.63) is 95.1 Å². The monoisotopic (exact) mass is 462 g/mol. The number of amides is 1. The first kappa shape index (κ1) is 24.3. The molecule has 1 heterocycles. The van der Waals surface area contributed by atoms with Gasteiger partial charge in [0, 0.05) is 43.5 Å². The highest BCUT2D eigenvalue weighted by atomic mass is 35.5. The van der Waals surface area contributed by atoms with Gasteiger partial charge in [-0.3, -0.25) is 10.2 Å². The molecule has 172 valence electrons. The number of aryl methyl sites for hydroxylation is 2. The predicted octanol–water partition coefficient (Wildman–Crippen LogP) is 4.94. The fraction of sp³-hybridized carbons (Fsp3) is 0.259. The molecule has 4 rings (SSSR count). The third-order valence-electron chi connectivity index (χ3n) is 6.08. The summed E-state index contributed by atoms with van der Waals surface area (Å²) in [5.41, 5.74) is 12.0. The van der Waals surface area contributed by atoms with Gasteiger partial charge in [0.15, 0.2) is 0 Å². The lowest BCUT2D eigenvalue weighted by molar-refractivity contribution is -0.118. The van der Waals surface area contributed by atoms with E-state index in [0.29, 0.717) is 18.4 Å². The van der Waals surface area contributed by atoms with Gasteiger partial charge in [0.2, 0.25) is 5.91 Å². The number of rotatable bonds is 7. The average Bonchev–Trinajstić information content (AvgIpc) is 2.82. The van der Waals surface area contributed by atoms with Crippen molar-refractivity contribution in [2.75, 3.05) is 23.4 Å². The van der Waals surface area contributed by atoms with E-state index in [1.165, 1.54) is 16.8 Å². The highest BCUT2D eigenvalue weighted by Gasteiger charge is 2.23. The molecular weight excluding hydrogens is 432 g/mol. The zero-order valence-electron chi connectivity index (χ0n) is 19.0. The maximum absolute atomic E-state index is 13.0. The summed E-state index contributed by atoms with van der Waals surface area (Å²) in [7, 11) is 2.11. The van der Waals surface area contributed by atoms with E-state index in [0.717, 1.165) is 37.2 Å². The fourth-order valence-electron chi connectivity index (χ4n) is 4.27.